The predicted octanol–water partition coefficient (Wildman–Crippen LogP) is 5.53. The Morgan fingerprint density at radius 3 is 2.22 bits per heavy atom. The lowest BCUT2D eigenvalue weighted by Gasteiger charge is -2.38. The Balaban J connectivity index is 1.61. The molecule has 3 rings (SSSR count). The van der Waals surface area contributed by atoms with Gasteiger partial charge in [-0.2, -0.15) is 26.3 Å². The maximum atomic E-state index is 13.0. The van der Waals surface area contributed by atoms with E-state index in [0.717, 1.165) is 24.3 Å². The van der Waals surface area contributed by atoms with E-state index in [-0.39, 0.29) is 5.69 Å². The molecule has 11 heteroatoms. The third-order valence-electron chi connectivity index (χ3n) is 5.32. The van der Waals surface area contributed by atoms with Gasteiger partial charge in [-0.3, -0.25) is 9.69 Å². The Morgan fingerprint density at radius 1 is 0.969 bits per heavy atom. The number of hydrogen-bond acceptors (Lipinski definition) is 3. The van der Waals surface area contributed by atoms with Crippen LogP contribution in [0.1, 0.15) is 18.1 Å². The number of carbonyl (C=O) groups is 1. The zero-order valence-corrected chi connectivity index (χ0v) is 17.7. The monoisotopic (exact) mass is 479 g/mol. The molecule has 2 aromatic rings. The standard InChI is InChI=1S/C21H20ClF6N3O/c1-13(19(32)29-15-5-6-18(22)17(12-15)21(26,27)28)30-7-9-31(10-8-30)16-4-2-3-14(11-16)20(23,24)25/h2-6,11-13H,7-10H2,1H3,(H,29,32)/t13-/m1/s1. The molecule has 1 aliphatic heterocycles. The third kappa shape index (κ3) is 5.66. The SMILES string of the molecule is C[C@H](C(=O)Nc1ccc(Cl)c(C(F)(F)F)c1)N1CCN(c2cccc(C(F)(F)F)c2)CC1. The molecule has 1 aliphatic rings. The normalized spacial score (nSPS) is 16.7. The lowest BCUT2D eigenvalue weighted by atomic mass is 10.1. The fraction of sp³-hybridized carbons (Fsp3) is 0.381. The Labute approximate surface area is 185 Å². The van der Waals surface area contributed by atoms with Crippen molar-refractivity contribution in [2.24, 2.45) is 0 Å². The van der Waals surface area contributed by atoms with Gasteiger partial charge in [-0.1, -0.05) is 17.7 Å². The number of halogens is 7. The topological polar surface area (TPSA) is 35.6 Å². The smallest absolute Gasteiger partial charge is 0.369 e. The third-order valence-corrected chi connectivity index (χ3v) is 5.65. The average molecular weight is 480 g/mol. The molecule has 0 bridgehead atoms. The van der Waals surface area contributed by atoms with Gasteiger partial charge in [0.25, 0.3) is 0 Å². The van der Waals surface area contributed by atoms with Crippen molar-refractivity contribution in [3.8, 4) is 0 Å². The van der Waals surface area contributed by atoms with Crippen molar-refractivity contribution in [3.05, 3.63) is 58.6 Å². The Hall–Kier alpha value is -2.46. The van der Waals surface area contributed by atoms with Gasteiger partial charge in [0.15, 0.2) is 0 Å². The molecule has 1 N–H and O–H groups in total. The minimum Gasteiger partial charge on any atom is -0.369 e. The molecule has 32 heavy (non-hydrogen) atoms. The van der Waals surface area contributed by atoms with Gasteiger partial charge >= 0.3 is 12.4 Å². The summed E-state index contributed by atoms with van der Waals surface area (Å²) in [7, 11) is 0. The molecular formula is C21H20ClF6N3O. The number of piperazine rings is 1. The lowest BCUT2D eigenvalue weighted by molar-refractivity contribution is -0.138. The van der Waals surface area contributed by atoms with Crippen molar-refractivity contribution in [2.45, 2.75) is 25.3 Å². The van der Waals surface area contributed by atoms with Crippen molar-refractivity contribution in [1.29, 1.82) is 0 Å². The fourth-order valence-corrected chi connectivity index (χ4v) is 3.70. The van der Waals surface area contributed by atoms with Gasteiger partial charge < -0.3 is 10.2 Å². The highest BCUT2D eigenvalue weighted by molar-refractivity contribution is 6.31. The van der Waals surface area contributed by atoms with Gasteiger partial charge in [0, 0.05) is 37.6 Å². The Bertz CT molecular complexity index is 971. The maximum absolute atomic E-state index is 13.0. The molecule has 0 aromatic heterocycles. The summed E-state index contributed by atoms with van der Waals surface area (Å²) in [6, 6.07) is 7.52. The number of benzene rings is 2. The molecule has 0 aliphatic carbocycles. The van der Waals surface area contributed by atoms with Crippen molar-refractivity contribution < 1.29 is 31.1 Å². The van der Waals surface area contributed by atoms with Gasteiger partial charge in [-0.25, -0.2) is 0 Å². The fourth-order valence-electron chi connectivity index (χ4n) is 3.48. The minimum absolute atomic E-state index is 0.0267. The quantitative estimate of drug-likeness (QED) is 0.586. The molecule has 1 atom stereocenters. The highest BCUT2D eigenvalue weighted by Crippen LogP contribution is 2.36. The molecule has 0 spiro atoms. The van der Waals surface area contributed by atoms with Crippen LogP contribution >= 0.6 is 11.6 Å². The van der Waals surface area contributed by atoms with Crippen LogP contribution in [-0.2, 0) is 17.1 Å². The minimum atomic E-state index is -4.65. The summed E-state index contributed by atoms with van der Waals surface area (Å²) in [4.78, 5) is 16.2. The maximum Gasteiger partial charge on any atom is 0.417 e. The highest BCUT2D eigenvalue weighted by Gasteiger charge is 2.34. The molecule has 174 valence electrons. The van der Waals surface area contributed by atoms with Crippen molar-refractivity contribution in [1.82, 2.24) is 4.90 Å². The summed E-state index contributed by atoms with van der Waals surface area (Å²) in [5.41, 5.74) is -1.36. The van der Waals surface area contributed by atoms with Crippen molar-refractivity contribution in [2.75, 3.05) is 36.4 Å². The van der Waals surface area contributed by atoms with Crippen LogP contribution in [0.2, 0.25) is 5.02 Å². The first-order valence-electron chi connectivity index (χ1n) is 9.70. The van der Waals surface area contributed by atoms with Crippen LogP contribution in [0.3, 0.4) is 0 Å². The summed E-state index contributed by atoms with van der Waals surface area (Å²) in [5, 5.41) is 2.00. The number of alkyl halides is 6. The molecule has 1 amide bonds. The van der Waals surface area contributed by atoms with Crippen LogP contribution in [0.4, 0.5) is 37.7 Å². The van der Waals surface area contributed by atoms with Crippen LogP contribution in [0.5, 0.6) is 0 Å². The number of nitrogens with zero attached hydrogens (tertiary/aromatic N) is 2. The Morgan fingerprint density at radius 2 is 1.62 bits per heavy atom. The largest absolute Gasteiger partial charge is 0.417 e. The van der Waals surface area contributed by atoms with Crippen LogP contribution in [0.15, 0.2) is 42.5 Å². The van der Waals surface area contributed by atoms with E-state index in [1.54, 1.807) is 17.9 Å². The molecule has 0 saturated carbocycles. The van der Waals surface area contributed by atoms with E-state index in [2.05, 4.69) is 5.32 Å². The second kappa shape index (κ2) is 9.19. The first-order chi connectivity index (χ1) is 14.9. The molecular weight excluding hydrogens is 460 g/mol. The first kappa shape index (κ1) is 24.2. The van der Waals surface area contributed by atoms with Gasteiger partial charge in [0.1, 0.15) is 0 Å². The molecule has 0 radical (unpaired) electrons. The van der Waals surface area contributed by atoms with E-state index in [1.807, 2.05) is 4.90 Å². The predicted molar refractivity (Wildman–Crippen MR) is 110 cm³/mol. The molecule has 1 fully saturated rings. The first-order valence-corrected chi connectivity index (χ1v) is 10.1. The van der Waals surface area contributed by atoms with Crippen LogP contribution in [-0.4, -0.2) is 43.0 Å². The summed E-state index contributed by atoms with van der Waals surface area (Å²) in [6.07, 6.45) is -9.08. The van der Waals surface area contributed by atoms with Gasteiger partial charge in [0.05, 0.1) is 22.2 Å². The average Bonchev–Trinajstić information content (AvgIpc) is 2.73. The van der Waals surface area contributed by atoms with Crippen LogP contribution < -0.4 is 10.2 Å². The van der Waals surface area contributed by atoms with E-state index < -0.39 is 40.5 Å². The second-order valence-electron chi connectivity index (χ2n) is 7.43. The van der Waals surface area contributed by atoms with Gasteiger partial charge in [0.2, 0.25) is 5.91 Å². The highest BCUT2D eigenvalue weighted by atomic mass is 35.5. The molecule has 1 heterocycles. The molecule has 0 unspecified atom stereocenters. The van der Waals surface area contributed by atoms with E-state index in [4.69, 9.17) is 11.6 Å². The number of hydrogen-bond donors (Lipinski definition) is 1. The van der Waals surface area contributed by atoms with E-state index >= 15 is 0 Å². The Kier molecular flexibility index (Phi) is 6.94. The van der Waals surface area contributed by atoms with Crippen molar-refractivity contribution >= 4 is 28.9 Å². The van der Waals surface area contributed by atoms with E-state index in [9.17, 15) is 31.1 Å². The summed E-state index contributed by atoms with van der Waals surface area (Å²) < 4.78 is 77.9. The number of anilines is 2. The number of nitrogens with one attached hydrogen (secondary N) is 1. The zero-order chi connectivity index (χ0) is 23.7. The zero-order valence-electron chi connectivity index (χ0n) is 16.9. The molecule has 1 saturated heterocycles. The number of amides is 1. The van der Waals surface area contributed by atoms with Crippen LogP contribution in [0, 0.1) is 0 Å². The van der Waals surface area contributed by atoms with Gasteiger partial charge in [-0.15, -0.1) is 0 Å². The summed E-state index contributed by atoms with van der Waals surface area (Å²) in [5.74, 6) is -0.493. The summed E-state index contributed by atoms with van der Waals surface area (Å²) >= 11 is 5.59. The van der Waals surface area contributed by atoms with Gasteiger partial charge in [-0.05, 0) is 43.3 Å². The number of rotatable bonds is 4. The molecule has 4 nitrogen and oxygen atoms in total. The number of carbonyl (C=O) groups excluding carboxylic acids is 1. The van der Waals surface area contributed by atoms with E-state index in [1.165, 1.54) is 12.1 Å². The lowest BCUT2D eigenvalue weighted by Crippen LogP contribution is -2.52. The molecule has 2 aromatic carbocycles. The van der Waals surface area contributed by atoms with E-state index in [0.29, 0.717) is 31.9 Å². The summed E-state index contributed by atoms with van der Waals surface area (Å²) in [6.45, 7) is 3.23. The van der Waals surface area contributed by atoms with Crippen molar-refractivity contribution in [3.63, 3.8) is 0 Å². The second-order valence-corrected chi connectivity index (χ2v) is 7.84. The van der Waals surface area contributed by atoms with Crippen LogP contribution in [0.25, 0.3) is 0 Å².